The zero-order valence-corrected chi connectivity index (χ0v) is 9.66. The predicted octanol–water partition coefficient (Wildman–Crippen LogP) is 2.04. The lowest BCUT2D eigenvalue weighted by Crippen LogP contribution is -2.33. The molecule has 1 aliphatic heterocycles. The lowest BCUT2D eigenvalue weighted by Gasteiger charge is -2.19. The second-order valence-corrected chi connectivity index (χ2v) is 4.23. The Balaban J connectivity index is 2.44. The summed E-state index contributed by atoms with van der Waals surface area (Å²) in [6, 6.07) is 0. The molecular formula is C11H19NO3. The maximum Gasteiger partial charge on any atom is 0.416 e. The number of nitrogens with zero attached hydrogens (tertiary/aromatic N) is 1. The van der Waals surface area contributed by atoms with Crippen molar-refractivity contribution in [2.24, 2.45) is 11.8 Å². The van der Waals surface area contributed by atoms with Crippen molar-refractivity contribution >= 4 is 12.0 Å². The van der Waals surface area contributed by atoms with E-state index in [4.69, 9.17) is 4.74 Å². The van der Waals surface area contributed by atoms with Crippen molar-refractivity contribution in [2.75, 3.05) is 13.2 Å². The smallest absolute Gasteiger partial charge is 0.416 e. The highest BCUT2D eigenvalue weighted by Crippen LogP contribution is 2.20. The van der Waals surface area contributed by atoms with Crippen LogP contribution in [0.3, 0.4) is 0 Å². The fraction of sp³-hybridized carbons (Fsp3) is 0.818. The van der Waals surface area contributed by atoms with Gasteiger partial charge in [0.05, 0.1) is 6.54 Å². The second-order valence-electron chi connectivity index (χ2n) is 4.23. The van der Waals surface area contributed by atoms with Gasteiger partial charge in [0.15, 0.2) is 0 Å². The summed E-state index contributed by atoms with van der Waals surface area (Å²) in [5.74, 6) is 0.716. The van der Waals surface area contributed by atoms with Crippen molar-refractivity contribution in [3.8, 4) is 0 Å². The molecule has 0 aliphatic carbocycles. The molecule has 0 unspecified atom stereocenters. The number of cyclic esters (lactones) is 1. The number of ether oxygens (including phenoxy) is 1. The largest absolute Gasteiger partial charge is 0.447 e. The van der Waals surface area contributed by atoms with Crippen LogP contribution >= 0.6 is 0 Å². The highest BCUT2D eigenvalue weighted by Gasteiger charge is 2.29. The van der Waals surface area contributed by atoms with Gasteiger partial charge in [0.2, 0.25) is 5.91 Å². The summed E-state index contributed by atoms with van der Waals surface area (Å²) >= 11 is 0. The minimum atomic E-state index is -0.489. The minimum absolute atomic E-state index is 0.106. The zero-order chi connectivity index (χ0) is 11.4. The second kappa shape index (κ2) is 5.14. The molecule has 15 heavy (non-hydrogen) atoms. The Hall–Kier alpha value is -1.06. The van der Waals surface area contributed by atoms with Gasteiger partial charge in [-0.1, -0.05) is 27.2 Å². The van der Waals surface area contributed by atoms with Crippen LogP contribution in [0.4, 0.5) is 4.79 Å². The number of hydrogen-bond donors (Lipinski definition) is 0. The first-order valence-corrected chi connectivity index (χ1v) is 5.53. The van der Waals surface area contributed by atoms with Crippen LogP contribution in [0.2, 0.25) is 0 Å². The maximum atomic E-state index is 11.7. The highest BCUT2D eigenvalue weighted by atomic mass is 16.6. The van der Waals surface area contributed by atoms with Crippen molar-refractivity contribution in [3.05, 3.63) is 0 Å². The predicted molar refractivity (Wildman–Crippen MR) is 56.3 cm³/mol. The van der Waals surface area contributed by atoms with E-state index in [-0.39, 0.29) is 5.91 Å². The van der Waals surface area contributed by atoms with Crippen molar-refractivity contribution in [2.45, 2.75) is 33.6 Å². The third-order valence-electron chi connectivity index (χ3n) is 3.17. The molecule has 4 nitrogen and oxygen atoms in total. The van der Waals surface area contributed by atoms with Gasteiger partial charge in [-0.2, -0.15) is 0 Å². The van der Waals surface area contributed by atoms with Gasteiger partial charge in [-0.05, 0) is 11.8 Å². The van der Waals surface area contributed by atoms with E-state index in [0.717, 1.165) is 6.42 Å². The highest BCUT2D eigenvalue weighted by molar-refractivity contribution is 5.92. The lowest BCUT2D eigenvalue weighted by atomic mass is 9.90. The monoisotopic (exact) mass is 213 g/mol. The van der Waals surface area contributed by atoms with E-state index in [1.165, 1.54) is 4.90 Å². The maximum absolute atomic E-state index is 11.7. The Bertz CT molecular complexity index is 252. The Morgan fingerprint density at radius 3 is 2.60 bits per heavy atom. The van der Waals surface area contributed by atoms with Crippen molar-refractivity contribution in [1.29, 1.82) is 0 Å². The summed E-state index contributed by atoms with van der Waals surface area (Å²) in [4.78, 5) is 24.0. The molecule has 86 valence electrons. The average molecular weight is 213 g/mol. The van der Waals surface area contributed by atoms with E-state index in [2.05, 4.69) is 13.8 Å². The lowest BCUT2D eigenvalue weighted by molar-refractivity contribution is -0.129. The van der Waals surface area contributed by atoms with Crippen LogP contribution in [0.15, 0.2) is 0 Å². The molecule has 0 radical (unpaired) electrons. The molecule has 2 amide bonds. The Morgan fingerprint density at radius 1 is 1.47 bits per heavy atom. The average Bonchev–Trinajstić information content (AvgIpc) is 2.63. The summed E-state index contributed by atoms with van der Waals surface area (Å²) in [6.45, 7) is 7.02. The van der Waals surface area contributed by atoms with Crippen LogP contribution in [0, 0.1) is 11.8 Å². The fourth-order valence-corrected chi connectivity index (χ4v) is 1.61. The summed E-state index contributed by atoms with van der Waals surface area (Å²) in [6.07, 6.45) is 1.000. The summed E-state index contributed by atoms with van der Waals surface area (Å²) in [7, 11) is 0. The molecule has 1 rings (SSSR count). The van der Waals surface area contributed by atoms with Crippen molar-refractivity contribution in [3.63, 3.8) is 0 Å². The molecular weight excluding hydrogens is 194 g/mol. The zero-order valence-electron chi connectivity index (χ0n) is 9.66. The normalized spacial score (nSPS) is 19.9. The Kier molecular flexibility index (Phi) is 4.12. The molecule has 1 saturated heterocycles. The summed E-state index contributed by atoms with van der Waals surface area (Å²) in [5, 5.41) is 0. The van der Waals surface area contributed by atoms with Gasteiger partial charge >= 0.3 is 6.09 Å². The van der Waals surface area contributed by atoms with E-state index in [1.54, 1.807) is 0 Å². The molecule has 0 bridgehead atoms. The third kappa shape index (κ3) is 2.94. The van der Waals surface area contributed by atoms with Gasteiger partial charge in [0, 0.05) is 6.42 Å². The Labute approximate surface area is 90.6 Å². The van der Waals surface area contributed by atoms with Crippen LogP contribution < -0.4 is 0 Å². The number of hydrogen-bond acceptors (Lipinski definition) is 3. The molecule has 2 atom stereocenters. The van der Waals surface area contributed by atoms with E-state index in [1.807, 2.05) is 6.92 Å². The number of amides is 2. The van der Waals surface area contributed by atoms with Gasteiger partial charge in [0.1, 0.15) is 6.61 Å². The van der Waals surface area contributed by atoms with Crippen molar-refractivity contribution in [1.82, 2.24) is 4.90 Å². The molecule has 0 N–H and O–H groups in total. The number of carbonyl (C=O) groups is 2. The third-order valence-corrected chi connectivity index (χ3v) is 3.17. The standard InChI is InChI=1S/C11H19NO3/c1-4-8(2)9(3)7-10(13)12-5-6-15-11(12)14/h8-9H,4-7H2,1-3H3/t8-,9-/m1/s1. The van der Waals surface area contributed by atoms with Crippen LogP contribution in [-0.2, 0) is 9.53 Å². The quantitative estimate of drug-likeness (QED) is 0.718. The van der Waals surface area contributed by atoms with Crippen LogP contribution in [0.5, 0.6) is 0 Å². The number of imide groups is 1. The first-order chi connectivity index (χ1) is 7.06. The van der Waals surface area contributed by atoms with Crippen molar-refractivity contribution < 1.29 is 14.3 Å². The van der Waals surface area contributed by atoms with Crippen LogP contribution in [0.1, 0.15) is 33.6 Å². The molecule has 0 aromatic carbocycles. The van der Waals surface area contributed by atoms with E-state index in [9.17, 15) is 9.59 Å². The molecule has 0 saturated carbocycles. The molecule has 4 heteroatoms. The van der Waals surface area contributed by atoms with E-state index in [0.29, 0.717) is 31.4 Å². The number of rotatable bonds is 4. The van der Waals surface area contributed by atoms with Crippen LogP contribution in [-0.4, -0.2) is 30.1 Å². The van der Waals surface area contributed by atoms with Gasteiger partial charge in [-0.25, -0.2) is 9.69 Å². The molecule has 0 spiro atoms. The van der Waals surface area contributed by atoms with Gasteiger partial charge < -0.3 is 4.74 Å². The van der Waals surface area contributed by atoms with E-state index >= 15 is 0 Å². The molecule has 1 fully saturated rings. The molecule has 1 heterocycles. The SMILES string of the molecule is CC[C@@H](C)[C@H](C)CC(=O)N1CCOC1=O. The van der Waals surface area contributed by atoms with Gasteiger partial charge in [0.25, 0.3) is 0 Å². The van der Waals surface area contributed by atoms with Gasteiger partial charge in [-0.3, -0.25) is 4.79 Å². The topological polar surface area (TPSA) is 46.6 Å². The number of carbonyl (C=O) groups excluding carboxylic acids is 2. The molecule has 0 aromatic heterocycles. The molecule has 1 aliphatic rings. The fourth-order valence-electron chi connectivity index (χ4n) is 1.61. The van der Waals surface area contributed by atoms with Crippen LogP contribution in [0.25, 0.3) is 0 Å². The Morgan fingerprint density at radius 2 is 2.13 bits per heavy atom. The first-order valence-electron chi connectivity index (χ1n) is 5.53. The summed E-state index contributed by atoms with van der Waals surface area (Å²) < 4.78 is 4.72. The molecule has 0 aromatic rings. The van der Waals surface area contributed by atoms with Gasteiger partial charge in [-0.15, -0.1) is 0 Å². The first kappa shape index (κ1) is 12.0. The van der Waals surface area contributed by atoms with E-state index < -0.39 is 6.09 Å². The minimum Gasteiger partial charge on any atom is -0.447 e. The summed E-state index contributed by atoms with van der Waals surface area (Å²) in [5.41, 5.74) is 0.